The van der Waals surface area contributed by atoms with Gasteiger partial charge in [0.2, 0.25) is 0 Å². The highest BCUT2D eigenvalue weighted by Crippen LogP contribution is 2.29. The molecular formula is C13H12Cl2N2S. The lowest BCUT2D eigenvalue weighted by Crippen LogP contribution is -1.91. The Morgan fingerprint density at radius 1 is 1.22 bits per heavy atom. The van der Waals surface area contributed by atoms with Crippen LogP contribution in [0.2, 0.25) is 10.2 Å². The van der Waals surface area contributed by atoms with Crippen molar-refractivity contribution in [2.75, 3.05) is 5.73 Å². The monoisotopic (exact) mass is 298 g/mol. The first-order valence-electron chi connectivity index (χ1n) is 5.36. The van der Waals surface area contributed by atoms with Crippen molar-refractivity contribution in [1.29, 1.82) is 0 Å². The van der Waals surface area contributed by atoms with Crippen LogP contribution in [0.15, 0.2) is 35.2 Å². The van der Waals surface area contributed by atoms with Gasteiger partial charge in [-0.1, -0.05) is 23.2 Å². The maximum absolute atomic E-state index is 6.07. The minimum Gasteiger partial charge on any atom is -0.399 e. The Morgan fingerprint density at radius 3 is 2.72 bits per heavy atom. The van der Waals surface area contributed by atoms with Gasteiger partial charge in [0, 0.05) is 16.3 Å². The van der Waals surface area contributed by atoms with Gasteiger partial charge in [0.25, 0.3) is 0 Å². The van der Waals surface area contributed by atoms with E-state index in [0.29, 0.717) is 15.9 Å². The van der Waals surface area contributed by atoms with Gasteiger partial charge in [-0.25, -0.2) is 4.98 Å². The number of aromatic nitrogens is 1. The molecule has 94 valence electrons. The summed E-state index contributed by atoms with van der Waals surface area (Å²) in [6, 6.07) is 9.31. The van der Waals surface area contributed by atoms with Gasteiger partial charge in [0.15, 0.2) is 0 Å². The second kappa shape index (κ2) is 5.83. The summed E-state index contributed by atoms with van der Waals surface area (Å²) in [7, 11) is 0. The van der Waals surface area contributed by atoms with Crippen molar-refractivity contribution in [2.45, 2.75) is 17.6 Å². The maximum atomic E-state index is 6.07. The lowest BCUT2D eigenvalue weighted by Gasteiger charge is -2.07. The van der Waals surface area contributed by atoms with Gasteiger partial charge in [-0.3, -0.25) is 0 Å². The number of nitrogens with two attached hydrogens (primary N) is 1. The van der Waals surface area contributed by atoms with Crippen LogP contribution in [0.3, 0.4) is 0 Å². The molecule has 0 aliphatic carbocycles. The maximum Gasteiger partial charge on any atom is 0.129 e. The summed E-state index contributed by atoms with van der Waals surface area (Å²) in [5.74, 6) is 0.685. The molecule has 0 saturated carbocycles. The predicted octanol–water partition coefficient (Wildman–Crippen LogP) is 4.57. The summed E-state index contributed by atoms with van der Waals surface area (Å²) in [4.78, 5) is 5.39. The lowest BCUT2D eigenvalue weighted by molar-refractivity contribution is 1.17. The van der Waals surface area contributed by atoms with E-state index >= 15 is 0 Å². The largest absolute Gasteiger partial charge is 0.399 e. The van der Waals surface area contributed by atoms with E-state index in [0.717, 1.165) is 16.9 Å². The number of hydrogen-bond acceptors (Lipinski definition) is 3. The van der Waals surface area contributed by atoms with Gasteiger partial charge in [0.1, 0.15) is 5.15 Å². The highest BCUT2D eigenvalue weighted by Gasteiger charge is 2.06. The Balaban J connectivity index is 2.13. The molecule has 0 amide bonds. The molecule has 0 spiro atoms. The lowest BCUT2D eigenvalue weighted by atomic mass is 10.2. The molecule has 5 heteroatoms. The zero-order chi connectivity index (χ0) is 13.1. The second-order valence-corrected chi connectivity index (χ2v) is 5.69. The van der Waals surface area contributed by atoms with E-state index in [1.54, 1.807) is 23.9 Å². The Bertz CT molecular complexity index is 573. The quantitative estimate of drug-likeness (QED) is 0.512. The Labute approximate surface area is 121 Å². The third kappa shape index (κ3) is 3.31. The van der Waals surface area contributed by atoms with E-state index in [1.165, 1.54) is 4.90 Å². The van der Waals surface area contributed by atoms with Gasteiger partial charge in [-0.2, -0.15) is 0 Å². The molecule has 2 aromatic rings. The predicted molar refractivity (Wildman–Crippen MR) is 79.4 cm³/mol. The molecule has 1 heterocycles. The number of nitrogens with zero attached hydrogens (tertiary/aromatic N) is 1. The van der Waals surface area contributed by atoms with E-state index in [1.807, 2.05) is 25.1 Å². The number of pyridine rings is 1. The van der Waals surface area contributed by atoms with Gasteiger partial charge < -0.3 is 5.73 Å². The van der Waals surface area contributed by atoms with Crippen LogP contribution >= 0.6 is 35.0 Å². The normalized spacial score (nSPS) is 10.6. The SMILES string of the molecule is Cc1cc(N)ccc1SCc1nc(Cl)ccc1Cl. The molecule has 2 N–H and O–H groups in total. The summed E-state index contributed by atoms with van der Waals surface area (Å²) in [6.07, 6.45) is 0. The minimum absolute atomic E-state index is 0.462. The molecule has 0 aliphatic heterocycles. The standard InChI is InChI=1S/C13H12Cl2N2S/c1-8-6-9(16)2-4-12(8)18-7-11-10(14)3-5-13(15)17-11/h2-6H,7,16H2,1H3. The van der Waals surface area contributed by atoms with E-state index < -0.39 is 0 Å². The molecule has 2 nitrogen and oxygen atoms in total. The first-order valence-corrected chi connectivity index (χ1v) is 7.10. The molecule has 0 aliphatic rings. The van der Waals surface area contributed by atoms with Gasteiger partial charge >= 0.3 is 0 Å². The van der Waals surface area contributed by atoms with Crippen molar-refractivity contribution in [2.24, 2.45) is 0 Å². The number of nitrogen functional groups attached to an aromatic ring is 1. The number of thioether (sulfide) groups is 1. The third-order valence-electron chi connectivity index (χ3n) is 2.45. The van der Waals surface area contributed by atoms with Crippen LogP contribution in [0.1, 0.15) is 11.3 Å². The Kier molecular flexibility index (Phi) is 4.38. The fourth-order valence-corrected chi connectivity index (χ4v) is 2.92. The van der Waals surface area contributed by atoms with Crippen molar-refractivity contribution < 1.29 is 0 Å². The van der Waals surface area contributed by atoms with Crippen molar-refractivity contribution in [1.82, 2.24) is 4.98 Å². The first kappa shape index (κ1) is 13.5. The minimum atomic E-state index is 0.462. The van der Waals surface area contributed by atoms with Crippen LogP contribution in [0.25, 0.3) is 0 Å². The number of benzene rings is 1. The van der Waals surface area contributed by atoms with Gasteiger partial charge in [-0.15, -0.1) is 11.8 Å². The number of anilines is 1. The van der Waals surface area contributed by atoms with Crippen molar-refractivity contribution >= 4 is 40.7 Å². The molecule has 18 heavy (non-hydrogen) atoms. The summed E-state index contributed by atoms with van der Waals surface area (Å²) in [5, 5.41) is 1.10. The fraction of sp³-hybridized carbons (Fsp3) is 0.154. The molecule has 2 rings (SSSR count). The van der Waals surface area contributed by atoms with E-state index in [9.17, 15) is 0 Å². The van der Waals surface area contributed by atoms with Crippen molar-refractivity contribution in [3.63, 3.8) is 0 Å². The molecule has 0 atom stereocenters. The van der Waals surface area contributed by atoms with E-state index in [2.05, 4.69) is 4.98 Å². The average Bonchev–Trinajstić information content (AvgIpc) is 2.32. The van der Waals surface area contributed by atoms with Crippen LogP contribution < -0.4 is 5.73 Å². The number of hydrogen-bond donors (Lipinski definition) is 1. The molecule has 0 bridgehead atoms. The highest BCUT2D eigenvalue weighted by atomic mass is 35.5. The molecular weight excluding hydrogens is 287 g/mol. The number of rotatable bonds is 3. The second-order valence-electron chi connectivity index (χ2n) is 3.88. The van der Waals surface area contributed by atoms with Crippen LogP contribution in [-0.2, 0) is 5.75 Å². The summed E-state index contributed by atoms with van der Waals surface area (Å²) in [5.41, 5.74) is 8.44. The van der Waals surface area contributed by atoms with Gasteiger partial charge in [0.05, 0.1) is 10.7 Å². The summed E-state index contributed by atoms with van der Waals surface area (Å²) < 4.78 is 0. The average molecular weight is 299 g/mol. The highest BCUT2D eigenvalue weighted by molar-refractivity contribution is 7.98. The molecule has 0 unspecified atom stereocenters. The summed E-state index contributed by atoms with van der Waals surface area (Å²) >= 11 is 13.6. The van der Waals surface area contributed by atoms with Crippen LogP contribution in [0, 0.1) is 6.92 Å². The molecule has 0 radical (unpaired) electrons. The van der Waals surface area contributed by atoms with Crippen molar-refractivity contribution in [3.05, 3.63) is 51.8 Å². The fourth-order valence-electron chi connectivity index (χ4n) is 1.54. The topological polar surface area (TPSA) is 38.9 Å². The zero-order valence-electron chi connectivity index (χ0n) is 9.78. The molecule has 1 aromatic carbocycles. The molecule has 0 fully saturated rings. The van der Waals surface area contributed by atoms with Crippen LogP contribution in [0.5, 0.6) is 0 Å². The molecule has 0 saturated heterocycles. The van der Waals surface area contributed by atoms with E-state index in [4.69, 9.17) is 28.9 Å². The molecule has 1 aromatic heterocycles. The van der Waals surface area contributed by atoms with E-state index in [-0.39, 0.29) is 0 Å². The van der Waals surface area contributed by atoms with Crippen molar-refractivity contribution in [3.8, 4) is 0 Å². The zero-order valence-corrected chi connectivity index (χ0v) is 12.1. The number of halogens is 2. The first-order chi connectivity index (χ1) is 8.56. The smallest absolute Gasteiger partial charge is 0.129 e. The summed E-state index contributed by atoms with van der Waals surface area (Å²) in [6.45, 7) is 2.03. The van der Waals surface area contributed by atoms with Crippen LogP contribution in [-0.4, -0.2) is 4.98 Å². The van der Waals surface area contributed by atoms with Crippen LogP contribution in [0.4, 0.5) is 5.69 Å². The van der Waals surface area contributed by atoms with Gasteiger partial charge in [-0.05, 0) is 42.8 Å². The third-order valence-corrected chi connectivity index (χ3v) is 4.19. The Morgan fingerprint density at radius 2 is 2.00 bits per heavy atom. The number of aryl methyl sites for hydroxylation is 1. The Hall–Kier alpha value is -0.900.